The lowest BCUT2D eigenvalue weighted by atomic mass is 10.00. The first-order chi connectivity index (χ1) is 62.1. The third-order valence-electron chi connectivity index (χ3n) is 21.8. The molecule has 0 amide bonds. The largest absolute Gasteiger partial charge is 0.507 e. The average molecular weight is 1680 g/mol. The summed E-state index contributed by atoms with van der Waals surface area (Å²) in [5.41, 5.74) is 15.4. The fraction of sp³-hybridized carbons (Fsp3) is 0.183. The Labute approximate surface area is 741 Å². The molecule has 0 aliphatic heterocycles. The number of unbranched alkanes of at least 4 members (excludes halogenated alkanes) is 2. The van der Waals surface area contributed by atoms with Crippen LogP contribution in [-0.2, 0) is 14.3 Å². The van der Waals surface area contributed by atoms with Crippen molar-refractivity contribution in [1.29, 1.82) is 0 Å². The Morgan fingerprint density at radius 1 is 0.299 bits per heavy atom. The van der Waals surface area contributed by atoms with Gasteiger partial charge in [0.25, 0.3) is 0 Å². The molecule has 636 valence electrons. The molecular formula is C109H101N9O9. The van der Waals surface area contributed by atoms with E-state index in [1.165, 1.54) is 31.9 Å². The van der Waals surface area contributed by atoms with Gasteiger partial charge in [0, 0.05) is 51.6 Å². The molecule has 3 aromatic heterocycles. The maximum absolute atomic E-state index is 12.3. The molecule has 0 fully saturated rings. The molecule has 127 heavy (non-hydrogen) atoms. The van der Waals surface area contributed by atoms with Gasteiger partial charge in [-0.25, -0.2) is 44.9 Å². The molecule has 3 N–H and O–H groups in total. The molecule has 18 heteroatoms. The van der Waals surface area contributed by atoms with E-state index in [2.05, 4.69) is 109 Å². The van der Waals surface area contributed by atoms with Crippen LogP contribution in [0.5, 0.6) is 34.5 Å². The molecule has 16 aromatic rings. The van der Waals surface area contributed by atoms with E-state index in [0.717, 1.165) is 116 Å². The number of aromatic nitrogens is 9. The summed E-state index contributed by atoms with van der Waals surface area (Å²) in [7, 11) is 0. The van der Waals surface area contributed by atoms with Crippen molar-refractivity contribution in [3.8, 4) is 181 Å². The Balaban J connectivity index is 0.000000155. The second-order valence-electron chi connectivity index (χ2n) is 30.8. The molecular weight excluding hydrogens is 1580 g/mol. The van der Waals surface area contributed by atoms with Gasteiger partial charge in [-0.3, -0.25) is 9.59 Å². The van der Waals surface area contributed by atoms with Crippen molar-refractivity contribution in [1.82, 2.24) is 44.9 Å². The first-order valence-electron chi connectivity index (χ1n) is 43.3. The highest BCUT2D eigenvalue weighted by Crippen LogP contribution is 2.39. The molecule has 0 radical (unpaired) electrons. The number of carbonyl (C=O) groups excluding carboxylic acids is 2. The molecule has 13 aromatic carbocycles. The van der Waals surface area contributed by atoms with Crippen LogP contribution in [0.25, 0.3) is 147 Å². The first kappa shape index (κ1) is 88.2. The van der Waals surface area contributed by atoms with E-state index in [4.69, 9.17) is 48.9 Å². The Morgan fingerprint density at radius 3 is 0.866 bits per heavy atom. The number of phenols is 3. The zero-order valence-corrected chi connectivity index (χ0v) is 72.1. The summed E-state index contributed by atoms with van der Waals surface area (Å²) >= 11 is 0. The summed E-state index contributed by atoms with van der Waals surface area (Å²) < 4.78 is 22.9. The minimum absolute atomic E-state index is 0.0191. The van der Waals surface area contributed by atoms with Gasteiger partial charge in [0.1, 0.15) is 47.7 Å². The van der Waals surface area contributed by atoms with E-state index in [1.807, 2.05) is 225 Å². The number of rotatable bonds is 32. The van der Waals surface area contributed by atoms with Gasteiger partial charge < -0.3 is 34.3 Å². The number of ketones is 1. The standard InChI is InChI=1S/C41H39N3O2.C37H29N3O3.C31H33N3O4/c1-3-5-12-29(4-2)28-46-36-25-26-37(38(45)27-36)41-43-39(34-21-17-32(18-22-34)30-13-8-6-9-14-30)42-40(44-41)35-23-19-33(20-24-35)31-15-10-7-11-16-31;1-24(41)25(2)43-32-21-22-33(34(42)23-32)37-39-35(30-17-13-28(14-18-30)26-9-5-3-6-10-26)38-36(40-37)31-19-15-29(16-20-31)27-11-7-4-8-12-27;1-3-5-12-22(4-2)31(36)38-20-19-37-25-17-18-26(27(35)21-25)30-33-28(23-13-8-6-9-14-23)32-29(34-30)24-15-10-7-11-16-24/h6-11,13-27,29,45H,3-5,12,28H2,1-2H3;3-23,25,42H,1-2H3;6-11,13-18,21-22,35H,3-5,12,19-20H2,1-2H3. The van der Waals surface area contributed by atoms with Crippen LogP contribution in [0.2, 0.25) is 0 Å². The van der Waals surface area contributed by atoms with Gasteiger partial charge in [0.15, 0.2) is 64.3 Å². The Morgan fingerprint density at radius 2 is 0.567 bits per heavy atom. The maximum Gasteiger partial charge on any atom is 0.309 e. The van der Waals surface area contributed by atoms with Gasteiger partial charge in [-0.2, -0.15) is 0 Å². The van der Waals surface area contributed by atoms with Gasteiger partial charge in [-0.05, 0) is 120 Å². The highest BCUT2D eigenvalue weighted by molar-refractivity contribution is 5.81. The lowest BCUT2D eigenvalue weighted by molar-refractivity contribution is -0.149. The number of Topliss-reactive ketones (excluding diaryl/α,β-unsaturated/α-hetero) is 1. The quantitative estimate of drug-likeness (QED) is 0.0262. The number of hydrogen-bond acceptors (Lipinski definition) is 18. The maximum atomic E-state index is 12.3. The Kier molecular flexibility index (Phi) is 30.4. The minimum atomic E-state index is -0.627. The minimum Gasteiger partial charge on any atom is -0.507 e. The smallest absolute Gasteiger partial charge is 0.309 e. The van der Waals surface area contributed by atoms with Crippen LogP contribution < -0.4 is 14.2 Å². The number of nitrogens with zero attached hydrogens (tertiary/aromatic N) is 9. The predicted molar refractivity (Wildman–Crippen MR) is 504 cm³/mol. The van der Waals surface area contributed by atoms with Crippen LogP contribution in [0.4, 0.5) is 0 Å². The average Bonchev–Trinajstić information content (AvgIpc) is 0.782. The summed E-state index contributed by atoms with van der Waals surface area (Å²) in [5.74, 6) is 5.76. The van der Waals surface area contributed by atoms with Gasteiger partial charge in [0.05, 0.1) is 29.2 Å². The number of benzene rings is 13. The van der Waals surface area contributed by atoms with Crippen LogP contribution >= 0.6 is 0 Å². The molecule has 0 bridgehead atoms. The van der Waals surface area contributed by atoms with E-state index in [0.29, 0.717) is 98.9 Å². The Bertz CT molecular complexity index is 6010. The summed E-state index contributed by atoms with van der Waals surface area (Å²) in [5, 5.41) is 33.0. The van der Waals surface area contributed by atoms with E-state index in [1.54, 1.807) is 37.3 Å². The predicted octanol–water partition coefficient (Wildman–Crippen LogP) is 25.5. The van der Waals surface area contributed by atoms with Crippen LogP contribution in [0, 0.1) is 11.8 Å². The fourth-order valence-electron chi connectivity index (χ4n) is 14.3. The van der Waals surface area contributed by atoms with E-state index < -0.39 is 6.10 Å². The van der Waals surface area contributed by atoms with Crippen molar-refractivity contribution in [3.63, 3.8) is 0 Å². The van der Waals surface area contributed by atoms with Crippen LogP contribution in [0.15, 0.2) is 334 Å². The molecule has 0 saturated heterocycles. The third kappa shape index (κ3) is 23.6. The van der Waals surface area contributed by atoms with Crippen molar-refractivity contribution in [2.45, 2.75) is 99.0 Å². The third-order valence-corrected chi connectivity index (χ3v) is 21.8. The molecule has 0 aliphatic rings. The number of phenolic OH excluding ortho intramolecular Hbond substituents is 3. The molecule has 0 saturated carbocycles. The molecule has 3 atom stereocenters. The number of ether oxygens (including phenoxy) is 4. The number of carbonyl (C=O) groups is 2. The van der Waals surface area contributed by atoms with Crippen molar-refractivity contribution in [2.75, 3.05) is 19.8 Å². The zero-order chi connectivity index (χ0) is 88.2. The molecule has 16 rings (SSSR count). The number of esters is 1. The van der Waals surface area contributed by atoms with E-state index in [9.17, 15) is 24.9 Å². The van der Waals surface area contributed by atoms with Gasteiger partial charge in [0.2, 0.25) is 0 Å². The van der Waals surface area contributed by atoms with Gasteiger partial charge in [-0.15, -0.1) is 0 Å². The monoisotopic (exact) mass is 1680 g/mol. The molecule has 0 spiro atoms. The molecule has 18 nitrogen and oxygen atoms in total. The molecule has 3 heterocycles. The lowest BCUT2D eigenvalue weighted by Gasteiger charge is -2.16. The van der Waals surface area contributed by atoms with E-state index in [-0.39, 0.29) is 48.1 Å². The van der Waals surface area contributed by atoms with Crippen molar-refractivity contribution >= 4 is 11.8 Å². The van der Waals surface area contributed by atoms with Gasteiger partial charge >= 0.3 is 5.97 Å². The Hall–Kier alpha value is -15.2. The number of hydrogen-bond donors (Lipinski definition) is 3. The normalized spacial score (nSPS) is 11.6. The summed E-state index contributed by atoms with van der Waals surface area (Å²) in [6.45, 7) is 12.6. The highest BCUT2D eigenvalue weighted by atomic mass is 16.6. The topological polar surface area (TPSA) is 248 Å². The summed E-state index contributed by atoms with van der Waals surface area (Å²) in [4.78, 5) is 66.9. The number of aromatic hydroxyl groups is 3. The second-order valence-corrected chi connectivity index (χ2v) is 30.8. The summed E-state index contributed by atoms with van der Waals surface area (Å²) in [6, 6.07) is 108. The lowest BCUT2D eigenvalue weighted by Crippen LogP contribution is -2.20. The first-order valence-corrected chi connectivity index (χ1v) is 43.3. The van der Waals surface area contributed by atoms with Crippen molar-refractivity contribution < 1.29 is 43.9 Å². The fourth-order valence-corrected chi connectivity index (χ4v) is 14.3. The molecule has 0 aliphatic carbocycles. The second kappa shape index (κ2) is 43.7. The van der Waals surface area contributed by atoms with Gasteiger partial charge in [-0.1, -0.05) is 339 Å². The van der Waals surface area contributed by atoms with Crippen LogP contribution in [0.1, 0.15) is 92.9 Å². The van der Waals surface area contributed by atoms with Crippen LogP contribution in [-0.4, -0.2) is 97.9 Å². The highest BCUT2D eigenvalue weighted by Gasteiger charge is 2.23. The van der Waals surface area contributed by atoms with Crippen LogP contribution in [0.3, 0.4) is 0 Å². The SMILES string of the molecule is CC(=O)C(C)Oc1ccc(-c2nc(-c3ccc(-c4ccccc4)cc3)nc(-c3ccc(-c4ccccc4)cc3)n2)c(O)c1.CCCCC(CC)C(=O)OCCOc1ccc(-c2nc(-c3ccccc3)nc(-c3ccccc3)n2)c(O)c1.CCCCC(CC)COc1ccc(-c2nc(-c3ccc(-c4ccccc4)cc3)nc(-c3ccc(-c4ccccc4)cc3)n2)c(O)c1. The zero-order valence-electron chi connectivity index (χ0n) is 72.1. The molecule has 3 unspecified atom stereocenters. The summed E-state index contributed by atoms with van der Waals surface area (Å²) in [6.07, 6.45) is 7.63. The van der Waals surface area contributed by atoms with Crippen molar-refractivity contribution in [2.24, 2.45) is 11.8 Å². The van der Waals surface area contributed by atoms with E-state index >= 15 is 0 Å². The van der Waals surface area contributed by atoms with Crippen molar-refractivity contribution in [3.05, 3.63) is 334 Å².